The number of fused-ring (bicyclic) bond motifs is 1. The summed E-state index contributed by atoms with van der Waals surface area (Å²) < 4.78 is 19.8. The van der Waals surface area contributed by atoms with Gasteiger partial charge in [-0.2, -0.15) is 4.98 Å². The number of hydrogen-bond donors (Lipinski definition) is 1. The van der Waals surface area contributed by atoms with Crippen LogP contribution in [-0.4, -0.2) is 82.6 Å². The van der Waals surface area contributed by atoms with Gasteiger partial charge in [0.2, 0.25) is 5.88 Å². The van der Waals surface area contributed by atoms with Gasteiger partial charge in [-0.15, -0.1) is 0 Å². The number of ether oxygens (including phenoxy) is 3. The van der Waals surface area contributed by atoms with Crippen LogP contribution >= 0.6 is 0 Å². The molecule has 10 nitrogen and oxygen atoms in total. The lowest BCUT2D eigenvalue weighted by Crippen LogP contribution is -2.51. The summed E-state index contributed by atoms with van der Waals surface area (Å²) in [5.41, 5.74) is 2.54. The Labute approximate surface area is 238 Å². The van der Waals surface area contributed by atoms with E-state index in [1.165, 1.54) is 0 Å². The van der Waals surface area contributed by atoms with Crippen molar-refractivity contribution in [2.75, 3.05) is 50.9 Å². The van der Waals surface area contributed by atoms with Gasteiger partial charge in [-0.25, -0.2) is 9.78 Å². The first kappa shape index (κ1) is 25.9. The topological polar surface area (TPSA) is 102 Å². The Morgan fingerprint density at radius 2 is 1.80 bits per heavy atom. The van der Waals surface area contributed by atoms with Crippen LogP contribution < -0.4 is 9.64 Å². The number of nitrogens with zero attached hydrogens (tertiary/aromatic N) is 5. The number of hydrogen-bond acceptors (Lipinski definition) is 8. The van der Waals surface area contributed by atoms with Crippen molar-refractivity contribution in [3.05, 3.63) is 83.7 Å². The van der Waals surface area contributed by atoms with Gasteiger partial charge in [0.1, 0.15) is 11.6 Å². The average molecular weight is 556 g/mol. The minimum atomic E-state index is -0.934. The summed E-state index contributed by atoms with van der Waals surface area (Å²) in [5, 5.41) is 9.52. The van der Waals surface area contributed by atoms with E-state index < -0.39 is 11.6 Å². The van der Waals surface area contributed by atoms with Gasteiger partial charge in [0.15, 0.2) is 5.60 Å². The maximum absolute atomic E-state index is 11.6. The van der Waals surface area contributed by atoms with Crippen molar-refractivity contribution < 1.29 is 24.1 Å². The third kappa shape index (κ3) is 5.14. The highest BCUT2D eigenvalue weighted by atomic mass is 16.6. The lowest BCUT2D eigenvalue weighted by Gasteiger charge is -2.41. The molecule has 7 rings (SSSR count). The first-order chi connectivity index (χ1) is 20.1. The van der Waals surface area contributed by atoms with Gasteiger partial charge in [0.05, 0.1) is 49.0 Å². The number of carboxylic acid groups (broad SMARTS) is 1. The summed E-state index contributed by atoms with van der Waals surface area (Å²) in [6.07, 6.45) is 1.15. The standard InChI is InChI=1S/C31H33N5O5/c37-30(38)22-9-10-25-26(17-22)36(18-24-11-16-40-24)28(32-25)19-34-12-14-35(15-13-34)27-7-4-8-29(33-27)41-31(20-39-21-31)23-5-2-1-3-6-23/h1-10,17,24H,11-16,18-21H2,(H,37,38)/t24-/m0/s1. The molecule has 3 fully saturated rings. The van der Waals surface area contributed by atoms with Crippen LogP contribution in [-0.2, 0) is 28.2 Å². The van der Waals surface area contributed by atoms with Crippen molar-refractivity contribution in [3.63, 3.8) is 0 Å². The van der Waals surface area contributed by atoms with Gasteiger partial charge >= 0.3 is 5.97 Å². The second-order valence-corrected chi connectivity index (χ2v) is 11.0. The molecule has 3 aliphatic heterocycles. The van der Waals surface area contributed by atoms with Gasteiger partial charge in [-0.1, -0.05) is 36.4 Å². The van der Waals surface area contributed by atoms with Crippen molar-refractivity contribution in [2.24, 2.45) is 0 Å². The molecule has 2 aromatic heterocycles. The fraction of sp³-hybridized carbons (Fsp3) is 0.387. The number of anilines is 1. The Hall–Kier alpha value is -3.99. The Morgan fingerprint density at radius 3 is 2.49 bits per heavy atom. The number of aromatic nitrogens is 3. The summed E-state index contributed by atoms with van der Waals surface area (Å²) in [4.78, 5) is 26.1. The first-order valence-electron chi connectivity index (χ1n) is 14.2. The summed E-state index contributed by atoms with van der Waals surface area (Å²) in [6, 6.07) is 21.3. The number of aromatic carboxylic acids is 1. The number of carbonyl (C=O) groups is 1. The van der Waals surface area contributed by atoms with Gasteiger partial charge in [0, 0.05) is 44.4 Å². The van der Waals surface area contributed by atoms with Crippen LogP contribution in [0.3, 0.4) is 0 Å². The molecular formula is C31H33N5O5. The summed E-state index contributed by atoms with van der Waals surface area (Å²) >= 11 is 0. The number of piperazine rings is 1. The van der Waals surface area contributed by atoms with E-state index in [1.54, 1.807) is 18.2 Å². The fourth-order valence-electron chi connectivity index (χ4n) is 5.75. The monoisotopic (exact) mass is 555 g/mol. The predicted octanol–water partition coefficient (Wildman–Crippen LogP) is 3.55. The Kier molecular flexibility index (Phi) is 6.82. The predicted molar refractivity (Wildman–Crippen MR) is 152 cm³/mol. The van der Waals surface area contributed by atoms with E-state index in [4.69, 9.17) is 24.2 Å². The fourth-order valence-corrected chi connectivity index (χ4v) is 5.75. The highest BCUT2D eigenvalue weighted by Gasteiger charge is 2.43. The van der Waals surface area contributed by atoms with Gasteiger partial charge in [0.25, 0.3) is 0 Å². The quantitative estimate of drug-likeness (QED) is 0.332. The summed E-state index contributed by atoms with van der Waals surface area (Å²) in [6.45, 7) is 6.55. The number of benzene rings is 2. The smallest absolute Gasteiger partial charge is 0.335 e. The van der Waals surface area contributed by atoms with Crippen LogP contribution in [0.4, 0.5) is 5.82 Å². The molecule has 0 saturated carbocycles. The Balaban J connectivity index is 1.04. The molecule has 0 aliphatic carbocycles. The minimum absolute atomic E-state index is 0.143. The van der Waals surface area contributed by atoms with E-state index in [-0.39, 0.29) is 11.7 Å². The molecule has 2 aromatic carbocycles. The zero-order chi connectivity index (χ0) is 27.8. The molecule has 1 N–H and O–H groups in total. The normalized spacial score (nSPS) is 20.4. The number of imidazole rings is 1. The van der Waals surface area contributed by atoms with Gasteiger partial charge in [-0.05, 0) is 30.7 Å². The molecule has 3 saturated heterocycles. The van der Waals surface area contributed by atoms with Crippen molar-refractivity contribution in [3.8, 4) is 5.88 Å². The molecule has 4 aromatic rings. The molecule has 0 unspecified atom stereocenters. The van der Waals surface area contributed by atoms with Crippen LogP contribution in [0.15, 0.2) is 66.7 Å². The molecule has 41 heavy (non-hydrogen) atoms. The number of pyridine rings is 1. The van der Waals surface area contributed by atoms with E-state index in [0.29, 0.717) is 32.2 Å². The lowest BCUT2D eigenvalue weighted by atomic mass is 9.92. The largest absolute Gasteiger partial charge is 0.478 e. The van der Waals surface area contributed by atoms with Crippen molar-refractivity contribution in [2.45, 2.75) is 31.2 Å². The molecule has 5 heterocycles. The first-order valence-corrected chi connectivity index (χ1v) is 14.2. The second-order valence-electron chi connectivity index (χ2n) is 11.0. The SMILES string of the molecule is O=C(O)c1ccc2nc(CN3CCN(c4cccc(OC5(c6ccccc6)COC5)n4)CC3)n(C[C@@H]3CCO3)c2c1. The molecule has 0 amide bonds. The molecule has 0 radical (unpaired) electrons. The highest BCUT2D eigenvalue weighted by molar-refractivity contribution is 5.92. The van der Waals surface area contributed by atoms with Crippen LogP contribution in [0.1, 0.15) is 28.2 Å². The molecular weight excluding hydrogens is 522 g/mol. The second kappa shape index (κ2) is 10.8. The summed E-state index contributed by atoms with van der Waals surface area (Å²) in [7, 11) is 0. The van der Waals surface area contributed by atoms with Gasteiger partial charge in [-0.3, -0.25) is 4.90 Å². The van der Waals surface area contributed by atoms with Crippen molar-refractivity contribution in [1.29, 1.82) is 0 Å². The molecule has 1 atom stereocenters. The number of rotatable bonds is 9. The molecule has 10 heteroatoms. The van der Waals surface area contributed by atoms with E-state index in [9.17, 15) is 9.90 Å². The third-order valence-electron chi connectivity index (χ3n) is 8.29. The lowest BCUT2D eigenvalue weighted by molar-refractivity contribution is -0.169. The summed E-state index contributed by atoms with van der Waals surface area (Å²) in [5.74, 6) is 1.51. The Bertz CT molecular complexity index is 1540. The van der Waals surface area contributed by atoms with E-state index in [2.05, 4.69) is 26.5 Å². The van der Waals surface area contributed by atoms with E-state index in [1.807, 2.05) is 36.4 Å². The van der Waals surface area contributed by atoms with Crippen LogP contribution in [0.5, 0.6) is 5.88 Å². The zero-order valence-corrected chi connectivity index (χ0v) is 22.8. The van der Waals surface area contributed by atoms with Crippen molar-refractivity contribution in [1.82, 2.24) is 19.4 Å². The molecule has 212 valence electrons. The maximum atomic E-state index is 11.6. The van der Waals surface area contributed by atoms with Crippen LogP contribution in [0, 0.1) is 0 Å². The van der Waals surface area contributed by atoms with Crippen LogP contribution in [0.2, 0.25) is 0 Å². The van der Waals surface area contributed by atoms with E-state index >= 15 is 0 Å². The molecule has 3 aliphatic rings. The average Bonchev–Trinajstić information content (AvgIpc) is 3.29. The maximum Gasteiger partial charge on any atom is 0.335 e. The van der Waals surface area contributed by atoms with Crippen molar-refractivity contribution >= 4 is 22.8 Å². The number of carboxylic acids is 1. The molecule has 0 bridgehead atoms. The van der Waals surface area contributed by atoms with Gasteiger partial charge < -0.3 is 28.8 Å². The minimum Gasteiger partial charge on any atom is -0.478 e. The highest BCUT2D eigenvalue weighted by Crippen LogP contribution is 2.35. The zero-order valence-electron chi connectivity index (χ0n) is 22.8. The van der Waals surface area contributed by atoms with Crippen LogP contribution in [0.25, 0.3) is 11.0 Å². The molecule has 0 spiro atoms. The Morgan fingerprint density at radius 1 is 1.00 bits per heavy atom. The van der Waals surface area contributed by atoms with E-state index in [0.717, 1.165) is 67.4 Å². The third-order valence-corrected chi connectivity index (χ3v) is 8.29.